The Kier molecular flexibility index (Phi) is 4.70. The number of carboxylic acids is 1. The van der Waals surface area contributed by atoms with Crippen LogP contribution in [0.15, 0.2) is 48.5 Å². The van der Waals surface area contributed by atoms with Gasteiger partial charge in [-0.3, -0.25) is 0 Å². The van der Waals surface area contributed by atoms with Crippen LogP contribution in [0.5, 0.6) is 17.2 Å². The summed E-state index contributed by atoms with van der Waals surface area (Å²) in [5.41, 5.74) is 4.40. The molecule has 30 heavy (non-hydrogen) atoms. The van der Waals surface area contributed by atoms with Crippen molar-refractivity contribution >= 4 is 16.9 Å². The third-order valence-electron chi connectivity index (χ3n) is 5.27. The number of carbonyl (C=O) groups is 1. The van der Waals surface area contributed by atoms with E-state index in [1.54, 1.807) is 31.2 Å². The zero-order valence-electron chi connectivity index (χ0n) is 16.7. The lowest BCUT2D eigenvalue weighted by Gasteiger charge is -2.15. The molecule has 5 nitrogen and oxygen atoms in total. The molecule has 0 radical (unpaired) electrons. The normalized spacial score (nSPS) is 11.1. The second kappa shape index (κ2) is 7.22. The van der Waals surface area contributed by atoms with Gasteiger partial charge in [0, 0.05) is 22.0 Å². The van der Waals surface area contributed by atoms with Gasteiger partial charge in [-0.15, -0.1) is 0 Å². The summed E-state index contributed by atoms with van der Waals surface area (Å²) < 4.78 is 19.4. The van der Waals surface area contributed by atoms with Crippen LogP contribution in [-0.2, 0) is 0 Å². The number of hydrogen-bond acceptors (Lipinski definition) is 3. The number of halogens is 1. The van der Waals surface area contributed by atoms with Gasteiger partial charge in [0.15, 0.2) is 0 Å². The number of ether oxygens (including phenoxy) is 1. The number of phenols is 1. The van der Waals surface area contributed by atoms with Crippen LogP contribution in [-0.4, -0.2) is 21.2 Å². The van der Waals surface area contributed by atoms with E-state index in [9.17, 15) is 19.4 Å². The van der Waals surface area contributed by atoms with Gasteiger partial charge < -0.3 is 19.9 Å². The van der Waals surface area contributed by atoms with E-state index in [1.807, 2.05) is 19.9 Å². The van der Waals surface area contributed by atoms with E-state index < -0.39 is 5.97 Å². The second-order valence-corrected chi connectivity index (χ2v) is 7.29. The van der Waals surface area contributed by atoms with Crippen molar-refractivity contribution in [2.75, 3.05) is 0 Å². The maximum absolute atomic E-state index is 13.2. The molecule has 0 fully saturated rings. The molecule has 0 unspecified atom stereocenters. The topological polar surface area (TPSA) is 82.6 Å². The van der Waals surface area contributed by atoms with Gasteiger partial charge in [-0.25, -0.2) is 9.18 Å². The Hall–Kier alpha value is -3.80. The molecule has 0 bridgehead atoms. The molecule has 0 aliphatic rings. The van der Waals surface area contributed by atoms with Crippen LogP contribution in [0, 0.1) is 26.6 Å². The number of aromatic carboxylic acids is 1. The van der Waals surface area contributed by atoms with Crippen molar-refractivity contribution in [3.05, 3.63) is 76.7 Å². The molecule has 6 heteroatoms. The summed E-state index contributed by atoms with van der Waals surface area (Å²) in [5, 5.41) is 20.5. The second-order valence-electron chi connectivity index (χ2n) is 7.29. The molecule has 0 amide bonds. The van der Waals surface area contributed by atoms with E-state index in [4.69, 9.17) is 4.74 Å². The smallest absolute Gasteiger partial charge is 0.352 e. The lowest BCUT2D eigenvalue weighted by atomic mass is 10.0. The molecule has 1 aromatic heterocycles. The molecule has 1 heterocycles. The van der Waals surface area contributed by atoms with Crippen molar-refractivity contribution in [2.45, 2.75) is 20.8 Å². The fraction of sp³-hybridized carbons (Fsp3) is 0.125. The summed E-state index contributed by atoms with van der Waals surface area (Å²) in [6.07, 6.45) is 0. The number of aromatic nitrogens is 1. The summed E-state index contributed by atoms with van der Waals surface area (Å²) in [6.45, 7) is 5.54. The minimum absolute atomic E-state index is 0.0606. The standard InChI is InChI=1S/C24H20FNO4/c1-12-10-19-21(13(2)22(26-19)24(28)29)14(3)23(12)30-17-8-9-20(27)18(11-17)15-4-6-16(25)7-5-15/h4-11,26-27H,1-3H3,(H,28,29). The third-order valence-corrected chi connectivity index (χ3v) is 5.27. The van der Waals surface area contributed by atoms with Gasteiger partial charge in [-0.2, -0.15) is 0 Å². The minimum atomic E-state index is -1.01. The number of hydrogen-bond donors (Lipinski definition) is 3. The first-order valence-corrected chi connectivity index (χ1v) is 9.39. The molecule has 152 valence electrons. The van der Waals surface area contributed by atoms with Gasteiger partial charge in [0.05, 0.1) is 0 Å². The lowest BCUT2D eigenvalue weighted by molar-refractivity contribution is 0.0690. The Balaban J connectivity index is 1.79. The Morgan fingerprint density at radius 3 is 2.37 bits per heavy atom. The number of aryl methyl sites for hydroxylation is 3. The third kappa shape index (κ3) is 3.26. The van der Waals surface area contributed by atoms with Gasteiger partial charge in [-0.1, -0.05) is 12.1 Å². The Bertz CT molecular complexity index is 1290. The van der Waals surface area contributed by atoms with E-state index in [1.165, 1.54) is 18.2 Å². The van der Waals surface area contributed by atoms with Crippen molar-refractivity contribution in [3.8, 4) is 28.4 Å². The molecule has 0 atom stereocenters. The molecule has 4 rings (SSSR count). The van der Waals surface area contributed by atoms with Crippen molar-refractivity contribution in [1.29, 1.82) is 0 Å². The molecule has 0 aliphatic heterocycles. The molecule has 3 aromatic carbocycles. The average molecular weight is 405 g/mol. The zero-order valence-corrected chi connectivity index (χ0v) is 16.7. The average Bonchev–Trinajstić information content (AvgIpc) is 3.03. The van der Waals surface area contributed by atoms with Crippen LogP contribution in [0.1, 0.15) is 27.2 Å². The van der Waals surface area contributed by atoms with Gasteiger partial charge in [0.2, 0.25) is 0 Å². The summed E-state index contributed by atoms with van der Waals surface area (Å²) in [4.78, 5) is 14.4. The number of rotatable bonds is 4. The SMILES string of the molecule is Cc1cc2[nH]c(C(=O)O)c(C)c2c(C)c1Oc1ccc(O)c(-c2ccc(F)cc2)c1. The van der Waals surface area contributed by atoms with Crippen LogP contribution in [0.2, 0.25) is 0 Å². The van der Waals surface area contributed by atoms with E-state index >= 15 is 0 Å². The molecule has 0 spiro atoms. The maximum Gasteiger partial charge on any atom is 0.352 e. The van der Waals surface area contributed by atoms with Crippen LogP contribution in [0.4, 0.5) is 4.39 Å². The highest BCUT2D eigenvalue weighted by Gasteiger charge is 2.19. The van der Waals surface area contributed by atoms with Gasteiger partial charge in [0.1, 0.15) is 28.8 Å². The first-order chi connectivity index (χ1) is 14.3. The van der Waals surface area contributed by atoms with Gasteiger partial charge in [-0.05, 0) is 73.9 Å². The highest BCUT2D eigenvalue weighted by molar-refractivity contribution is 5.99. The quantitative estimate of drug-likeness (QED) is 0.383. The molecule has 0 saturated carbocycles. The zero-order chi connectivity index (χ0) is 21.6. The number of H-pyrrole nitrogens is 1. The van der Waals surface area contributed by atoms with E-state index in [0.29, 0.717) is 28.2 Å². The molecule has 4 aromatic rings. The first kappa shape index (κ1) is 19.5. The van der Waals surface area contributed by atoms with Crippen LogP contribution >= 0.6 is 0 Å². The monoisotopic (exact) mass is 405 g/mol. The van der Waals surface area contributed by atoms with E-state index in [-0.39, 0.29) is 17.3 Å². The molecule has 0 saturated heterocycles. The van der Waals surface area contributed by atoms with Crippen molar-refractivity contribution in [1.82, 2.24) is 4.98 Å². The van der Waals surface area contributed by atoms with Crippen molar-refractivity contribution < 1.29 is 24.1 Å². The summed E-state index contributed by atoms with van der Waals surface area (Å²) >= 11 is 0. The minimum Gasteiger partial charge on any atom is -0.507 e. The first-order valence-electron chi connectivity index (χ1n) is 9.39. The number of fused-ring (bicyclic) bond motifs is 1. The maximum atomic E-state index is 13.2. The lowest BCUT2D eigenvalue weighted by Crippen LogP contribution is -1.98. The van der Waals surface area contributed by atoms with Crippen LogP contribution in [0.3, 0.4) is 0 Å². The Labute approximate surface area is 172 Å². The number of aromatic amines is 1. The fourth-order valence-electron chi connectivity index (χ4n) is 3.83. The summed E-state index contributed by atoms with van der Waals surface area (Å²) in [5.74, 6) is -0.175. The predicted molar refractivity (Wildman–Crippen MR) is 113 cm³/mol. The summed E-state index contributed by atoms with van der Waals surface area (Å²) in [6, 6.07) is 12.6. The number of nitrogens with one attached hydrogen (secondary N) is 1. The fourth-order valence-corrected chi connectivity index (χ4v) is 3.83. The molecule has 0 aliphatic carbocycles. The van der Waals surface area contributed by atoms with E-state index in [2.05, 4.69) is 4.98 Å². The van der Waals surface area contributed by atoms with Crippen molar-refractivity contribution in [2.24, 2.45) is 0 Å². The number of carboxylic acid groups (broad SMARTS) is 1. The number of aromatic hydroxyl groups is 1. The van der Waals surface area contributed by atoms with E-state index in [0.717, 1.165) is 22.0 Å². The molecular weight excluding hydrogens is 385 g/mol. The largest absolute Gasteiger partial charge is 0.507 e. The molecule has 3 N–H and O–H groups in total. The van der Waals surface area contributed by atoms with Crippen LogP contribution in [0.25, 0.3) is 22.0 Å². The number of benzene rings is 3. The van der Waals surface area contributed by atoms with Crippen molar-refractivity contribution in [3.63, 3.8) is 0 Å². The predicted octanol–water partition coefficient (Wildman–Crippen LogP) is 6.10. The van der Waals surface area contributed by atoms with Crippen LogP contribution < -0.4 is 4.74 Å². The molecular formula is C24H20FNO4. The van der Waals surface area contributed by atoms with Gasteiger partial charge in [0.25, 0.3) is 0 Å². The highest BCUT2D eigenvalue weighted by atomic mass is 19.1. The number of phenolic OH excluding ortho intramolecular Hbond substituents is 1. The summed E-state index contributed by atoms with van der Waals surface area (Å²) in [7, 11) is 0. The highest BCUT2D eigenvalue weighted by Crippen LogP contribution is 2.39. The Morgan fingerprint density at radius 1 is 1.00 bits per heavy atom. The Morgan fingerprint density at radius 2 is 1.70 bits per heavy atom. The van der Waals surface area contributed by atoms with Gasteiger partial charge >= 0.3 is 5.97 Å².